The van der Waals surface area contributed by atoms with E-state index in [1.807, 2.05) is 38.2 Å². The second kappa shape index (κ2) is 5.08. The molecule has 1 amide bonds. The molecule has 0 aliphatic heterocycles. The normalized spacial score (nSPS) is 10.5. The van der Waals surface area contributed by atoms with Gasteiger partial charge in [0, 0.05) is 23.7 Å². The molecule has 0 bridgehead atoms. The fourth-order valence-electron chi connectivity index (χ4n) is 2.20. The summed E-state index contributed by atoms with van der Waals surface area (Å²) in [6.45, 7) is 1.94. The lowest BCUT2D eigenvalue weighted by atomic mass is 10.2. The number of terminal acetylenes is 1. The van der Waals surface area contributed by atoms with Gasteiger partial charge in [-0.1, -0.05) is 12.0 Å². The number of aromatic nitrogens is 2. The highest BCUT2D eigenvalue weighted by molar-refractivity contribution is 7.20. The van der Waals surface area contributed by atoms with Crippen LogP contribution in [0.4, 0.5) is 5.69 Å². The Morgan fingerprint density at radius 1 is 1.43 bits per heavy atom. The number of carbonyl (C=O) groups excluding carboxylic acids is 1. The first-order valence-electron chi connectivity index (χ1n) is 6.39. The number of amides is 1. The summed E-state index contributed by atoms with van der Waals surface area (Å²) >= 11 is 1.43. The van der Waals surface area contributed by atoms with Crippen molar-refractivity contribution in [2.24, 2.45) is 7.05 Å². The first kappa shape index (κ1) is 13.4. The van der Waals surface area contributed by atoms with Crippen molar-refractivity contribution in [2.45, 2.75) is 6.92 Å². The van der Waals surface area contributed by atoms with Gasteiger partial charge in [0.2, 0.25) is 0 Å². The van der Waals surface area contributed by atoms with Gasteiger partial charge in [-0.05, 0) is 31.2 Å². The summed E-state index contributed by atoms with van der Waals surface area (Å²) in [5, 5.41) is 8.22. The van der Waals surface area contributed by atoms with E-state index in [4.69, 9.17) is 6.42 Å². The quantitative estimate of drug-likeness (QED) is 0.738. The van der Waals surface area contributed by atoms with Crippen molar-refractivity contribution in [2.75, 3.05) is 5.32 Å². The Morgan fingerprint density at radius 2 is 2.24 bits per heavy atom. The van der Waals surface area contributed by atoms with E-state index in [1.54, 1.807) is 10.7 Å². The summed E-state index contributed by atoms with van der Waals surface area (Å²) in [6, 6.07) is 9.12. The highest BCUT2D eigenvalue weighted by atomic mass is 32.1. The molecule has 0 aliphatic rings. The predicted molar refractivity (Wildman–Crippen MR) is 85.7 cm³/mol. The highest BCUT2D eigenvalue weighted by Crippen LogP contribution is 2.28. The van der Waals surface area contributed by atoms with Gasteiger partial charge in [0.15, 0.2) is 0 Å². The number of hydrogen-bond donors (Lipinski definition) is 1. The summed E-state index contributed by atoms with van der Waals surface area (Å²) in [4.78, 5) is 14.0. The molecule has 3 aromatic rings. The van der Waals surface area contributed by atoms with Crippen molar-refractivity contribution in [3.63, 3.8) is 0 Å². The monoisotopic (exact) mass is 295 g/mol. The van der Waals surface area contributed by atoms with Gasteiger partial charge < -0.3 is 5.32 Å². The zero-order valence-electron chi connectivity index (χ0n) is 11.7. The Morgan fingerprint density at radius 3 is 2.95 bits per heavy atom. The molecule has 4 nitrogen and oxygen atoms in total. The van der Waals surface area contributed by atoms with Crippen LogP contribution < -0.4 is 5.32 Å². The Kier molecular flexibility index (Phi) is 3.24. The number of benzene rings is 1. The molecular formula is C16H13N3OS. The average molecular weight is 295 g/mol. The maximum Gasteiger partial charge on any atom is 0.265 e. The number of nitrogens with one attached hydrogen (secondary N) is 1. The van der Waals surface area contributed by atoms with E-state index < -0.39 is 0 Å². The van der Waals surface area contributed by atoms with E-state index in [2.05, 4.69) is 16.3 Å². The van der Waals surface area contributed by atoms with Crippen LogP contribution in [0.5, 0.6) is 0 Å². The SMILES string of the molecule is C#Cc1cccc(NC(=O)c2cc3c(C)nn(C)c3s2)c1. The molecule has 0 saturated carbocycles. The summed E-state index contributed by atoms with van der Waals surface area (Å²) < 4.78 is 1.80. The maximum absolute atomic E-state index is 12.3. The fourth-order valence-corrected chi connectivity index (χ4v) is 3.21. The van der Waals surface area contributed by atoms with Crippen LogP contribution >= 0.6 is 11.3 Å². The van der Waals surface area contributed by atoms with Crippen LogP contribution in [0.3, 0.4) is 0 Å². The Balaban J connectivity index is 1.90. The third-order valence-electron chi connectivity index (χ3n) is 3.21. The lowest BCUT2D eigenvalue weighted by Gasteiger charge is -2.03. The van der Waals surface area contributed by atoms with Crippen LogP contribution in [-0.2, 0) is 7.05 Å². The fraction of sp³-hybridized carbons (Fsp3) is 0.125. The van der Waals surface area contributed by atoms with Crippen LogP contribution in [-0.4, -0.2) is 15.7 Å². The van der Waals surface area contributed by atoms with Crippen molar-refractivity contribution in [1.29, 1.82) is 0 Å². The number of carbonyl (C=O) groups is 1. The largest absolute Gasteiger partial charge is 0.321 e. The van der Waals surface area contributed by atoms with Gasteiger partial charge in [0.05, 0.1) is 10.6 Å². The molecule has 5 heteroatoms. The number of aryl methyl sites for hydroxylation is 2. The summed E-state index contributed by atoms with van der Waals surface area (Å²) in [7, 11) is 1.88. The third kappa shape index (κ3) is 2.41. The van der Waals surface area contributed by atoms with Crippen molar-refractivity contribution in [3.8, 4) is 12.3 Å². The topological polar surface area (TPSA) is 46.9 Å². The third-order valence-corrected chi connectivity index (χ3v) is 4.41. The van der Waals surface area contributed by atoms with Crippen LogP contribution in [0.2, 0.25) is 0 Å². The molecule has 0 aliphatic carbocycles. The van der Waals surface area contributed by atoms with E-state index in [1.165, 1.54) is 11.3 Å². The molecule has 1 N–H and O–H groups in total. The average Bonchev–Trinajstić information content (AvgIpc) is 3.02. The molecule has 0 unspecified atom stereocenters. The zero-order chi connectivity index (χ0) is 15.0. The van der Waals surface area contributed by atoms with Crippen molar-refractivity contribution >= 4 is 33.1 Å². The number of rotatable bonds is 2. The van der Waals surface area contributed by atoms with Gasteiger partial charge in [-0.2, -0.15) is 5.10 Å². The standard InChI is InChI=1S/C16H13N3OS/c1-4-11-6-5-7-12(8-11)17-15(20)14-9-13-10(2)18-19(3)16(13)21-14/h1,5-9H,2-3H3,(H,17,20). The van der Waals surface area contributed by atoms with E-state index in [0.717, 1.165) is 21.5 Å². The summed E-state index contributed by atoms with van der Waals surface area (Å²) in [6.07, 6.45) is 5.36. The van der Waals surface area contributed by atoms with Gasteiger partial charge in [-0.15, -0.1) is 17.8 Å². The lowest BCUT2D eigenvalue weighted by Crippen LogP contribution is -2.10. The Bertz CT molecular complexity index is 848. The molecule has 2 heterocycles. The molecule has 0 radical (unpaired) electrons. The molecule has 0 fully saturated rings. The van der Waals surface area contributed by atoms with Gasteiger partial charge >= 0.3 is 0 Å². The van der Waals surface area contributed by atoms with Crippen LogP contribution in [0.15, 0.2) is 30.3 Å². The van der Waals surface area contributed by atoms with Crippen molar-refractivity contribution in [1.82, 2.24) is 9.78 Å². The van der Waals surface area contributed by atoms with E-state index >= 15 is 0 Å². The number of nitrogens with zero attached hydrogens (tertiary/aromatic N) is 2. The molecule has 21 heavy (non-hydrogen) atoms. The minimum absolute atomic E-state index is 0.134. The van der Waals surface area contributed by atoms with Gasteiger partial charge in [0.25, 0.3) is 5.91 Å². The molecule has 0 saturated heterocycles. The second-order valence-electron chi connectivity index (χ2n) is 4.72. The zero-order valence-corrected chi connectivity index (χ0v) is 12.5. The van der Waals surface area contributed by atoms with Crippen molar-refractivity contribution in [3.05, 3.63) is 46.5 Å². The molecule has 0 spiro atoms. The number of fused-ring (bicyclic) bond motifs is 1. The van der Waals surface area contributed by atoms with Gasteiger partial charge in [0.1, 0.15) is 4.83 Å². The smallest absolute Gasteiger partial charge is 0.265 e. The lowest BCUT2D eigenvalue weighted by molar-refractivity contribution is 0.103. The van der Waals surface area contributed by atoms with Crippen LogP contribution in [0, 0.1) is 19.3 Å². The molecule has 3 rings (SSSR count). The summed E-state index contributed by atoms with van der Waals surface area (Å²) in [5.74, 6) is 2.42. The maximum atomic E-state index is 12.3. The van der Waals surface area contributed by atoms with Crippen LogP contribution in [0.25, 0.3) is 10.2 Å². The van der Waals surface area contributed by atoms with Gasteiger partial charge in [-0.3, -0.25) is 9.48 Å². The van der Waals surface area contributed by atoms with E-state index in [-0.39, 0.29) is 5.91 Å². The first-order chi connectivity index (χ1) is 10.1. The molecular weight excluding hydrogens is 282 g/mol. The minimum atomic E-state index is -0.134. The van der Waals surface area contributed by atoms with Gasteiger partial charge in [-0.25, -0.2) is 0 Å². The Hall–Kier alpha value is -2.58. The van der Waals surface area contributed by atoms with E-state index in [0.29, 0.717) is 10.6 Å². The Labute approximate surface area is 126 Å². The van der Waals surface area contributed by atoms with Crippen LogP contribution in [0.1, 0.15) is 20.9 Å². The molecule has 1 aromatic carbocycles. The number of anilines is 1. The molecule has 0 atom stereocenters. The van der Waals surface area contributed by atoms with Crippen molar-refractivity contribution < 1.29 is 4.79 Å². The number of thiophene rings is 1. The second-order valence-corrected chi connectivity index (χ2v) is 5.75. The predicted octanol–water partition coefficient (Wildman–Crippen LogP) is 3.18. The summed E-state index contributed by atoms with van der Waals surface area (Å²) in [5.41, 5.74) is 2.36. The highest BCUT2D eigenvalue weighted by Gasteiger charge is 2.15. The van der Waals surface area contributed by atoms with E-state index in [9.17, 15) is 4.79 Å². The number of hydrogen-bond acceptors (Lipinski definition) is 3. The molecule has 2 aromatic heterocycles. The first-order valence-corrected chi connectivity index (χ1v) is 7.21. The molecule has 104 valence electrons. The minimum Gasteiger partial charge on any atom is -0.321 e.